The minimum Gasteiger partial charge on any atom is -0.388 e. The minimum atomic E-state index is 1.12. The first-order valence-corrected chi connectivity index (χ1v) is 12.6. The molecule has 0 spiro atoms. The molecular weight excluding hydrogens is 448 g/mol. The first-order valence-electron chi connectivity index (χ1n) is 12.6. The summed E-state index contributed by atoms with van der Waals surface area (Å²) in [6, 6.07) is 51.3. The van der Waals surface area contributed by atoms with Crippen molar-refractivity contribution in [3.63, 3.8) is 0 Å². The van der Waals surface area contributed by atoms with Crippen molar-refractivity contribution in [3.8, 4) is 16.8 Å². The van der Waals surface area contributed by atoms with Crippen LogP contribution in [0.2, 0.25) is 0 Å². The van der Waals surface area contributed by atoms with E-state index in [-0.39, 0.29) is 0 Å². The molecule has 1 heterocycles. The maximum absolute atomic E-state index is 3.20. The number of hydrogen-bond donors (Lipinski definition) is 1. The summed E-state index contributed by atoms with van der Waals surface area (Å²) in [6.45, 7) is 0. The van der Waals surface area contributed by atoms with Gasteiger partial charge in [-0.15, -0.1) is 0 Å². The van der Waals surface area contributed by atoms with Gasteiger partial charge >= 0.3 is 0 Å². The topological polar surface area (TPSA) is 17.0 Å². The van der Waals surface area contributed by atoms with Gasteiger partial charge in [-0.1, -0.05) is 103 Å². The van der Waals surface area contributed by atoms with Gasteiger partial charge in [-0.2, -0.15) is 0 Å². The van der Waals surface area contributed by atoms with Gasteiger partial charge in [-0.3, -0.25) is 0 Å². The zero-order chi connectivity index (χ0) is 25.0. The lowest BCUT2D eigenvalue weighted by atomic mass is 10.0. The van der Waals surface area contributed by atoms with Crippen LogP contribution in [0.1, 0.15) is 0 Å². The van der Waals surface area contributed by atoms with Crippen LogP contribution in [-0.2, 0) is 0 Å². The van der Waals surface area contributed by atoms with Crippen molar-refractivity contribution in [3.05, 3.63) is 146 Å². The second-order valence-corrected chi connectivity index (χ2v) is 9.10. The van der Waals surface area contributed by atoms with Crippen LogP contribution in [0.5, 0.6) is 0 Å². The van der Waals surface area contributed by atoms with Crippen LogP contribution < -0.4 is 5.32 Å². The van der Waals surface area contributed by atoms with Gasteiger partial charge in [0, 0.05) is 29.2 Å². The first-order chi connectivity index (χ1) is 18.3. The van der Waals surface area contributed by atoms with E-state index < -0.39 is 0 Å². The zero-order valence-electron chi connectivity index (χ0n) is 20.8. The number of benzene rings is 6. The first kappa shape index (κ1) is 22.6. The zero-order valence-corrected chi connectivity index (χ0v) is 20.8. The molecule has 1 aromatic heterocycles. The number of aromatic nitrogens is 1. The summed E-state index contributed by atoms with van der Waals surface area (Å²) in [5, 5.41) is 8.29. The molecule has 0 aliphatic heterocycles. The molecule has 2 nitrogen and oxygen atoms in total. The van der Waals surface area contributed by atoms with E-state index >= 15 is 0 Å². The molecule has 0 saturated carbocycles. The molecule has 0 aliphatic rings. The maximum atomic E-state index is 3.20. The largest absolute Gasteiger partial charge is 0.388 e. The maximum Gasteiger partial charge on any atom is 0.0547 e. The van der Waals surface area contributed by atoms with Gasteiger partial charge in [-0.05, 0) is 64.4 Å². The van der Waals surface area contributed by atoms with Gasteiger partial charge in [-0.25, -0.2) is 0 Å². The Kier molecular flexibility index (Phi) is 6.14. The van der Waals surface area contributed by atoms with Crippen LogP contribution in [0.25, 0.3) is 49.4 Å². The predicted octanol–water partition coefficient (Wildman–Crippen LogP) is 9.33. The molecule has 7 aromatic rings. The van der Waals surface area contributed by atoms with Crippen LogP contribution in [-0.4, -0.2) is 11.6 Å². The van der Waals surface area contributed by atoms with Crippen LogP contribution in [0, 0.1) is 0 Å². The van der Waals surface area contributed by atoms with Gasteiger partial charge < -0.3 is 9.88 Å². The summed E-state index contributed by atoms with van der Waals surface area (Å²) in [4.78, 5) is 0. The van der Waals surface area contributed by atoms with Crippen molar-refractivity contribution < 1.29 is 0 Å². The summed E-state index contributed by atoms with van der Waals surface area (Å²) < 4.78 is 2.39. The number of rotatable bonds is 3. The lowest BCUT2D eigenvalue weighted by molar-refractivity contribution is 1.18. The van der Waals surface area contributed by atoms with E-state index in [0.29, 0.717) is 0 Å². The van der Waals surface area contributed by atoms with Crippen molar-refractivity contribution in [2.45, 2.75) is 0 Å². The fraction of sp³-hybridized carbons (Fsp3) is 0.0286. The van der Waals surface area contributed by atoms with Gasteiger partial charge in [0.15, 0.2) is 0 Å². The molecule has 0 radical (unpaired) electrons. The lowest BCUT2D eigenvalue weighted by Gasteiger charge is -2.09. The highest BCUT2D eigenvalue weighted by Gasteiger charge is 2.14. The Morgan fingerprint density at radius 3 is 1.65 bits per heavy atom. The molecule has 37 heavy (non-hydrogen) atoms. The number of hydrogen-bond acceptors (Lipinski definition) is 1. The van der Waals surface area contributed by atoms with E-state index in [1.807, 2.05) is 43.4 Å². The Morgan fingerprint density at radius 2 is 1.00 bits per heavy atom. The molecular formula is C35H28N2. The predicted molar refractivity (Wildman–Crippen MR) is 160 cm³/mol. The normalized spacial score (nSPS) is 10.8. The fourth-order valence-corrected chi connectivity index (χ4v) is 4.95. The van der Waals surface area contributed by atoms with Gasteiger partial charge in [0.25, 0.3) is 0 Å². The molecule has 2 heteroatoms. The Bertz CT molecular complexity index is 1750. The van der Waals surface area contributed by atoms with Gasteiger partial charge in [0.2, 0.25) is 0 Å². The molecule has 0 saturated heterocycles. The van der Waals surface area contributed by atoms with Gasteiger partial charge in [0.05, 0.1) is 11.0 Å². The van der Waals surface area contributed by atoms with Crippen molar-refractivity contribution in [1.82, 2.24) is 4.57 Å². The lowest BCUT2D eigenvalue weighted by Crippen LogP contribution is -1.93. The van der Waals surface area contributed by atoms with E-state index in [1.165, 1.54) is 49.4 Å². The fourth-order valence-electron chi connectivity index (χ4n) is 4.95. The second kappa shape index (κ2) is 10.0. The standard InChI is InChI=1S/C29H22N2.C6H6/c1-30-24-14-11-20(12-15-24)23-13-16-26-27-17-21-7-5-6-8-22(21)18-29(27)31(28(26)19-23)25-9-3-2-4-10-25;1-2-4-6-5-3-1/h2-19,30H,1H3;1-6H. The van der Waals surface area contributed by atoms with Crippen molar-refractivity contribution in [1.29, 1.82) is 0 Å². The summed E-state index contributed by atoms with van der Waals surface area (Å²) in [5.41, 5.74) is 7.21. The van der Waals surface area contributed by atoms with Crippen LogP contribution in [0.4, 0.5) is 5.69 Å². The molecule has 0 amide bonds. The molecule has 178 valence electrons. The number of anilines is 1. The summed E-state index contributed by atoms with van der Waals surface area (Å²) in [6.07, 6.45) is 0. The third kappa shape index (κ3) is 4.46. The minimum absolute atomic E-state index is 1.12. The average molecular weight is 477 g/mol. The highest BCUT2D eigenvalue weighted by Crippen LogP contribution is 2.37. The Labute approximate surface area is 217 Å². The monoisotopic (exact) mass is 476 g/mol. The van der Waals surface area contributed by atoms with E-state index in [4.69, 9.17) is 0 Å². The van der Waals surface area contributed by atoms with E-state index in [9.17, 15) is 0 Å². The number of nitrogens with zero attached hydrogens (tertiary/aromatic N) is 1. The SMILES string of the molecule is CNc1ccc(-c2ccc3c4cc5ccccc5cc4n(-c4ccccc4)c3c2)cc1.c1ccccc1. The van der Waals surface area contributed by atoms with E-state index in [1.54, 1.807) is 0 Å². The summed E-state index contributed by atoms with van der Waals surface area (Å²) in [5.74, 6) is 0. The summed E-state index contributed by atoms with van der Waals surface area (Å²) >= 11 is 0. The van der Waals surface area contributed by atoms with Crippen LogP contribution in [0.15, 0.2) is 146 Å². The van der Waals surface area contributed by atoms with Crippen LogP contribution in [0.3, 0.4) is 0 Å². The molecule has 0 atom stereocenters. The highest BCUT2D eigenvalue weighted by atomic mass is 15.0. The number of nitrogens with one attached hydrogen (secondary N) is 1. The molecule has 0 fully saturated rings. The molecule has 7 rings (SSSR count). The third-order valence-electron chi connectivity index (χ3n) is 6.82. The Balaban J connectivity index is 0.000000372. The number of fused-ring (bicyclic) bond motifs is 4. The van der Waals surface area contributed by atoms with Crippen molar-refractivity contribution in [2.75, 3.05) is 12.4 Å². The number of para-hydroxylation sites is 1. The molecule has 0 bridgehead atoms. The highest BCUT2D eigenvalue weighted by molar-refractivity contribution is 6.14. The van der Waals surface area contributed by atoms with Crippen LogP contribution >= 0.6 is 0 Å². The second-order valence-electron chi connectivity index (χ2n) is 9.10. The third-order valence-corrected chi connectivity index (χ3v) is 6.82. The Hall–Kier alpha value is -4.82. The van der Waals surface area contributed by atoms with Gasteiger partial charge in [0.1, 0.15) is 0 Å². The molecule has 0 aliphatic carbocycles. The molecule has 1 N–H and O–H groups in total. The van der Waals surface area contributed by atoms with E-state index in [2.05, 4.69) is 119 Å². The molecule has 0 unspecified atom stereocenters. The average Bonchev–Trinajstić information content (AvgIpc) is 3.30. The van der Waals surface area contributed by atoms with Crippen molar-refractivity contribution in [2.24, 2.45) is 0 Å². The smallest absolute Gasteiger partial charge is 0.0547 e. The molecule has 6 aromatic carbocycles. The Morgan fingerprint density at radius 1 is 0.459 bits per heavy atom. The summed E-state index contributed by atoms with van der Waals surface area (Å²) in [7, 11) is 1.95. The van der Waals surface area contributed by atoms with Crippen molar-refractivity contribution >= 4 is 38.3 Å². The quantitative estimate of drug-likeness (QED) is 0.269. The van der Waals surface area contributed by atoms with E-state index in [0.717, 1.165) is 5.69 Å².